The van der Waals surface area contributed by atoms with E-state index < -0.39 is 0 Å². The predicted molar refractivity (Wildman–Crippen MR) is 109 cm³/mol. The first-order chi connectivity index (χ1) is 14.0. The quantitative estimate of drug-likeness (QED) is 0.682. The molecule has 8 nitrogen and oxygen atoms in total. The van der Waals surface area contributed by atoms with Crippen molar-refractivity contribution in [2.24, 2.45) is 7.05 Å². The number of benzene rings is 1. The van der Waals surface area contributed by atoms with Crippen molar-refractivity contribution in [3.63, 3.8) is 0 Å². The van der Waals surface area contributed by atoms with Crippen LogP contribution < -0.4 is 5.32 Å². The lowest BCUT2D eigenvalue weighted by atomic mass is 10.3. The summed E-state index contributed by atoms with van der Waals surface area (Å²) in [4.78, 5) is 28.5. The summed E-state index contributed by atoms with van der Waals surface area (Å²) in [6.07, 6.45) is 0.800. The monoisotopic (exact) mass is 420 g/mol. The van der Waals surface area contributed by atoms with Gasteiger partial charge >= 0.3 is 0 Å². The van der Waals surface area contributed by atoms with Gasteiger partial charge < -0.3 is 14.8 Å². The Labute approximate surface area is 173 Å². The van der Waals surface area contributed by atoms with Crippen LogP contribution in [0.1, 0.15) is 12.7 Å². The number of carbonyl (C=O) groups excluding carboxylic acids is 2. The summed E-state index contributed by atoms with van der Waals surface area (Å²) in [5.74, 6) is 0.785. The molecule has 0 aliphatic carbocycles. The van der Waals surface area contributed by atoms with Gasteiger partial charge in [0.05, 0.1) is 12.3 Å². The number of nitrogens with one attached hydrogen (secondary N) is 1. The van der Waals surface area contributed by atoms with E-state index in [-0.39, 0.29) is 24.2 Å². The molecule has 3 rings (SSSR count). The van der Waals surface area contributed by atoms with E-state index >= 15 is 0 Å². The molecule has 0 radical (unpaired) electrons. The van der Waals surface area contributed by atoms with E-state index in [0.29, 0.717) is 37.6 Å². The molecule has 2 heterocycles. The Hall–Kier alpha value is -2.46. The second-order valence-corrected chi connectivity index (χ2v) is 7.75. The Morgan fingerprint density at radius 1 is 1.14 bits per heavy atom. The standard InChI is InChI=1S/C19H25FN6O2S/c1-3-16-22-23-19(24(16)2)29-13-18(28)26-10-8-25(9-11-26)12-17(27)21-15-6-4-14(20)5-7-15/h4-7H,3,8-13H2,1-2H3,(H,21,27). The average molecular weight is 421 g/mol. The molecule has 0 bridgehead atoms. The highest BCUT2D eigenvalue weighted by Crippen LogP contribution is 2.17. The van der Waals surface area contributed by atoms with Crippen molar-refractivity contribution in [2.75, 3.05) is 43.8 Å². The van der Waals surface area contributed by atoms with E-state index in [1.54, 1.807) is 0 Å². The number of aromatic nitrogens is 3. The number of amides is 2. The molecule has 0 saturated carbocycles. The first-order valence-electron chi connectivity index (χ1n) is 9.53. The highest BCUT2D eigenvalue weighted by Gasteiger charge is 2.23. The van der Waals surface area contributed by atoms with Gasteiger partial charge in [-0.2, -0.15) is 0 Å². The van der Waals surface area contributed by atoms with Crippen LogP contribution in [0.25, 0.3) is 0 Å². The third-order valence-corrected chi connectivity index (χ3v) is 5.79. The summed E-state index contributed by atoms with van der Waals surface area (Å²) in [6, 6.07) is 5.67. The summed E-state index contributed by atoms with van der Waals surface area (Å²) in [6.45, 7) is 4.70. The van der Waals surface area contributed by atoms with E-state index in [9.17, 15) is 14.0 Å². The first-order valence-corrected chi connectivity index (χ1v) is 10.5. The molecule has 1 saturated heterocycles. The fraction of sp³-hybridized carbons (Fsp3) is 0.474. The molecule has 0 atom stereocenters. The van der Waals surface area contributed by atoms with Crippen LogP contribution in [0.5, 0.6) is 0 Å². The second kappa shape index (κ2) is 9.84. The van der Waals surface area contributed by atoms with Crippen LogP contribution in [0.4, 0.5) is 10.1 Å². The second-order valence-electron chi connectivity index (χ2n) is 6.81. The molecule has 1 aromatic heterocycles. The number of aryl methyl sites for hydroxylation is 1. The Kier molecular flexibility index (Phi) is 7.21. The molecular formula is C19H25FN6O2S. The molecule has 1 N–H and O–H groups in total. The van der Waals surface area contributed by atoms with Crippen LogP contribution in [0.3, 0.4) is 0 Å². The van der Waals surface area contributed by atoms with Gasteiger partial charge in [0, 0.05) is 45.3 Å². The SMILES string of the molecule is CCc1nnc(SCC(=O)N2CCN(CC(=O)Nc3ccc(F)cc3)CC2)n1C. The van der Waals surface area contributed by atoms with Gasteiger partial charge in [-0.15, -0.1) is 10.2 Å². The van der Waals surface area contributed by atoms with Crippen LogP contribution in [0.15, 0.2) is 29.4 Å². The van der Waals surface area contributed by atoms with Crippen molar-refractivity contribution in [3.8, 4) is 0 Å². The lowest BCUT2D eigenvalue weighted by molar-refractivity contribution is -0.130. The molecule has 1 aliphatic heterocycles. The van der Waals surface area contributed by atoms with E-state index in [2.05, 4.69) is 15.5 Å². The number of hydrogen-bond donors (Lipinski definition) is 1. The van der Waals surface area contributed by atoms with Gasteiger partial charge in [0.15, 0.2) is 5.16 Å². The highest BCUT2D eigenvalue weighted by molar-refractivity contribution is 7.99. The fourth-order valence-electron chi connectivity index (χ4n) is 3.09. The number of piperazine rings is 1. The first kappa shape index (κ1) is 21.3. The van der Waals surface area contributed by atoms with Crippen LogP contribution in [-0.4, -0.2) is 74.9 Å². The van der Waals surface area contributed by atoms with Crippen LogP contribution in [-0.2, 0) is 23.1 Å². The van der Waals surface area contributed by atoms with Gasteiger partial charge in [-0.05, 0) is 24.3 Å². The number of thioether (sulfide) groups is 1. The van der Waals surface area contributed by atoms with Crippen LogP contribution >= 0.6 is 11.8 Å². The minimum atomic E-state index is -0.341. The Bertz CT molecular complexity index is 849. The van der Waals surface area contributed by atoms with E-state index in [0.717, 1.165) is 17.4 Å². The smallest absolute Gasteiger partial charge is 0.238 e. The molecule has 1 fully saturated rings. The van der Waals surface area contributed by atoms with Crippen molar-refractivity contribution in [2.45, 2.75) is 18.5 Å². The molecule has 1 aromatic carbocycles. The van der Waals surface area contributed by atoms with Crippen LogP contribution in [0.2, 0.25) is 0 Å². The molecule has 0 spiro atoms. The number of rotatable bonds is 7. The Morgan fingerprint density at radius 3 is 2.45 bits per heavy atom. The minimum absolute atomic E-state index is 0.0615. The lowest BCUT2D eigenvalue weighted by Crippen LogP contribution is -2.50. The summed E-state index contributed by atoms with van der Waals surface area (Å²) in [5, 5.41) is 11.7. The maximum absolute atomic E-state index is 12.9. The summed E-state index contributed by atoms with van der Waals surface area (Å²) < 4.78 is 14.8. The van der Waals surface area contributed by atoms with Gasteiger partial charge in [0.25, 0.3) is 0 Å². The fourth-order valence-corrected chi connectivity index (χ4v) is 3.92. The molecule has 29 heavy (non-hydrogen) atoms. The van der Waals surface area contributed by atoms with Crippen LogP contribution in [0, 0.1) is 5.82 Å². The minimum Gasteiger partial charge on any atom is -0.339 e. The van der Waals surface area contributed by atoms with E-state index in [4.69, 9.17) is 0 Å². The van der Waals surface area contributed by atoms with Gasteiger partial charge in [-0.25, -0.2) is 4.39 Å². The molecule has 156 valence electrons. The molecule has 2 amide bonds. The van der Waals surface area contributed by atoms with Crippen molar-refractivity contribution in [1.82, 2.24) is 24.6 Å². The predicted octanol–water partition coefficient (Wildman–Crippen LogP) is 1.39. The Balaban J connectivity index is 1.40. The summed E-state index contributed by atoms with van der Waals surface area (Å²) >= 11 is 1.39. The molecule has 0 unspecified atom stereocenters. The van der Waals surface area contributed by atoms with E-state index in [1.807, 2.05) is 28.3 Å². The van der Waals surface area contributed by atoms with E-state index in [1.165, 1.54) is 36.0 Å². The lowest BCUT2D eigenvalue weighted by Gasteiger charge is -2.34. The molecule has 1 aliphatic rings. The summed E-state index contributed by atoms with van der Waals surface area (Å²) in [5.41, 5.74) is 0.567. The maximum Gasteiger partial charge on any atom is 0.238 e. The normalized spacial score (nSPS) is 14.8. The topological polar surface area (TPSA) is 83.4 Å². The largest absolute Gasteiger partial charge is 0.339 e. The number of halogens is 1. The highest BCUT2D eigenvalue weighted by atomic mass is 32.2. The Morgan fingerprint density at radius 2 is 1.83 bits per heavy atom. The van der Waals surface area contributed by atoms with Gasteiger partial charge in [-0.1, -0.05) is 18.7 Å². The third-order valence-electron chi connectivity index (χ3n) is 4.79. The van der Waals surface area contributed by atoms with Crippen molar-refractivity contribution >= 4 is 29.3 Å². The number of anilines is 1. The van der Waals surface area contributed by atoms with Gasteiger partial charge in [-0.3, -0.25) is 14.5 Å². The number of hydrogen-bond acceptors (Lipinski definition) is 6. The number of carbonyl (C=O) groups is 2. The zero-order valence-corrected chi connectivity index (χ0v) is 17.4. The number of nitrogens with zero attached hydrogens (tertiary/aromatic N) is 5. The summed E-state index contributed by atoms with van der Waals surface area (Å²) in [7, 11) is 1.90. The molecular weight excluding hydrogens is 395 g/mol. The maximum atomic E-state index is 12.9. The van der Waals surface area contributed by atoms with Crippen molar-refractivity contribution in [3.05, 3.63) is 35.9 Å². The van der Waals surface area contributed by atoms with Gasteiger partial charge in [0.1, 0.15) is 11.6 Å². The molecule has 2 aromatic rings. The third kappa shape index (κ3) is 5.77. The van der Waals surface area contributed by atoms with Gasteiger partial charge in [0.2, 0.25) is 11.8 Å². The zero-order chi connectivity index (χ0) is 20.8. The average Bonchev–Trinajstić information content (AvgIpc) is 3.08. The molecule has 10 heteroatoms. The van der Waals surface area contributed by atoms with Crippen molar-refractivity contribution in [1.29, 1.82) is 0 Å². The van der Waals surface area contributed by atoms with Crippen molar-refractivity contribution < 1.29 is 14.0 Å². The zero-order valence-electron chi connectivity index (χ0n) is 16.6.